The number of hydrogen-bond acceptors (Lipinski definition) is 4. The van der Waals surface area contributed by atoms with Gasteiger partial charge in [0, 0.05) is 24.9 Å². The van der Waals surface area contributed by atoms with Crippen molar-refractivity contribution in [2.24, 2.45) is 7.05 Å². The van der Waals surface area contributed by atoms with Crippen LogP contribution in [0.1, 0.15) is 21.4 Å². The van der Waals surface area contributed by atoms with Gasteiger partial charge in [0.1, 0.15) is 10.8 Å². The summed E-state index contributed by atoms with van der Waals surface area (Å²) < 4.78 is 39.9. The highest BCUT2D eigenvalue weighted by Crippen LogP contribution is 2.29. The van der Waals surface area contributed by atoms with E-state index < -0.39 is 12.1 Å². The molecule has 0 atom stereocenters. The van der Waals surface area contributed by atoms with Crippen molar-refractivity contribution in [1.29, 1.82) is 0 Å². The van der Waals surface area contributed by atoms with Crippen molar-refractivity contribution in [3.8, 4) is 0 Å². The molecule has 4 rings (SSSR count). The number of carbonyl (C=O) groups is 1. The summed E-state index contributed by atoms with van der Waals surface area (Å²) in [6.45, 7) is 0.00862. The molecule has 1 amide bonds. The molecule has 1 aromatic carbocycles. The number of imidazole rings is 1. The molecule has 2 aromatic heterocycles. The van der Waals surface area contributed by atoms with E-state index in [1.807, 2.05) is 35.9 Å². The van der Waals surface area contributed by atoms with Crippen LogP contribution >= 0.6 is 11.3 Å². The lowest BCUT2D eigenvalue weighted by Crippen LogP contribution is -2.43. The first-order valence-electron chi connectivity index (χ1n) is 8.07. The summed E-state index contributed by atoms with van der Waals surface area (Å²) in [5, 5.41) is 0.801. The summed E-state index contributed by atoms with van der Waals surface area (Å²) in [6.07, 6.45) is -3.98. The van der Waals surface area contributed by atoms with Gasteiger partial charge < -0.3 is 9.47 Å². The molecule has 0 saturated carbocycles. The largest absolute Gasteiger partial charge is 0.471 e. The molecule has 0 fully saturated rings. The van der Waals surface area contributed by atoms with Crippen LogP contribution in [-0.2, 0) is 31.2 Å². The van der Waals surface area contributed by atoms with E-state index in [2.05, 4.69) is 9.97 Å². The molecule has 0 radical (unpaired) electrons. The zero-order chi connectivity index (χ0) is 18.5. The van der Waals surface area contributed by atoms with E-state index in [-0.39, 0.29) is 13.1 Å². The smallest absolute Gasteiger partial charge is 0.331 e. The van der Waals surface area contributed by atoms with Crippen molar-refractivity contribution >= 4 is 28.3 Å². The van der Waals surface area contributed by atoms with Crippen LogP contribution in [0, 0.1) is 0 Å². The molecular formula is C17H15F3N4OS. The Labute approximate surface area is 151 Å². The summed E-state index contributed by atoms with van der Waals surface area (Å²) in [4.78, 5) is 22.2. The number of hydrogen-bond donors (Lipinski definition) is 0. The fraction of sp³-hybridized carbons (Fsp3) is 0.353. The fourth-order valence-electron chi connectivity index (χ4n) is 3.17. The van der Waals surface area contributed by atoms with E-state index >= 15 is 0 Å². The highest BCUT2D eigenvalue weighted by molar-refractivity contribution is 7.11. The van der Waals surface area contributed by atoms with Gasteiger partial charge in [-0.15, -0.1) is 11.3 Å². The first-order chi connectivity index (χ1) is 12.3. The number of rotatable bonds is 2. The molecule has 9 heteroatoms. The third-order valence-electron chi connectivity index (χ3n) is 4.49. The number of alkyl halides is 3. The highest BCUT2D eigenvalue weighted by atomic mass is 32.1. The van der Waals surface area contributed by atoms with Crippen molar-refractivity contribution in [2.75, 3.05) is 6.54 Å². The second-order valence-electron chi connectivity index (χ2n) is 6.20. The molecule has 0 N–H and O–H groups in total. The standard InChI is InChI=1S/C17H15F3N4OS/c1-23-12-5-3-2-4-10(12)21-14(23)8-15-22-11-6-7-24(9-13(11)26-15)16(25)17(18,19)20/h2-5H,6-9H2,1H3. The third kappa shape index (κ3) is 2.96. The Hall–Kier alpha value is -2.42. The minimum Gasteiger partial charge on any atom is -0.331 e. The lowest BCUT2D eigenvalue weighted by atomic mass is 10.2. The molecule has 0 aliphatic carbocycles. The molecule has 26 heavy (non-hydrogen) atoms. The molecule has 5 nitrogen and oxygen atoms in total. The second-order valence-corrected chi connectivity index (χ2v) is 7.37. The maximum atomic E-state index is 12.6. The zero-order valence-electron chi connectivity index (χ0n) is 13.9. The van der Waals surface area contributed by atoms with Crippen molar-refractivity contribution < 1.29 is 18.0 Å². The first-order valence-corrected chi connectivity index (χ1v) is 8.88. The molecule has 0 spiro atoms. The van der Waals surface area contributed by atoms with Gasteiger partial charge >= 0.3 is 12.1 Å². The minimum atomic E-state index is -4.84. The Kier molecular flexibility index (Phi) is 3.98. The molecule has 1 aliphatic heterocycles. The number of aromatic nitrogens is 3. The molecule has 0 bridgehead atoms. The van der Waals surface area contributed by atoms with E-state index in [1.165, 1.54) is 11.3 Å². The van der Waals surface area contributed by atoms with Gasteiger partial charge in [0.2, 0.25) is 0 Å². The topological polar surface area (TPSA) is 51.0 Å². The van der Waals surface area contributed by atoms with Crippen LogP contribution in [-0.4, -0.2) is 38.1 Å². The van der Waals surface area contributed by atoms with E-state index in [0.29, 0.717) is 12.8 Å². The number of para-hydroxylation sites is 2. The molecule has 3 aromatic rings. The maximum absolute atomic E-state index is 12.6. The maximum Gasteiger partial charge on any atom is 0.471 e. The zero-order valence-corrected chi connectivity index (χ0v) is 14.7. The van der Waals surface area contributed by atoms with Crippen molar-refractivity contribution in [2.45, 2.75) is 25.6 Å². The number of thiazole rings is 1. The predicted octanol–water partition coefficient (Wildman–Crippen LogP) is 3.07. The van der Waals surface area contributed by atoms with Gasteiger partial charge in [-0.2, -0.15) is 13.2 Å². The Balaban J connectivity index is 1.56. The van der Waals surface area contributed by atoms with Gasteiger partial charge in [-0.05, 0) is 12.1 Å². The number of benzene rings is 1. The molecule has 136 valence electrons. The SMILES string of the molecule is Cn1c(Cc2nc3c(s2)CN(C(=O)C(F)(F)F)CC3)nc2ccccc21. The first kappa shape index (κ1) is 17.0. The molecular weight excluding hydrogens is 365 g/mol. The molecule has 0 unspecified atom stereocenters. The Morgan fingerprint density at radius 1 is 1.27 bits per heavy atom. The van der Waals surface area contributed by atoms with Gasteiger partial charge in [0.05, 0.1) is 29.7 Å². The number of carbonyl (C=O) groups excluding carboxylic acids is 1. The van der Waals surface area contributed by atoms with Crippen LogP contribution in [0.3, 0.4) is 0 Å². The van der Waals surface area contributed by atoms with Gasteiger partial charge in [0.25, 0.3) is 0 Å². The predicted molar refractivity (Wildman–Crippen MR) is 90.8 cm³/mol. The van der Waals surface area contributed by atoms with E-state index in [1.54, 1.807) is 0 Å². The number of halogens is 3. The van der Waals surface area contributed by atoms with Crippen LogP contribution < -0.4 is 0 Å². The van der Waals surface area contributed by atoms with Gasteiger partial charge in [-0.25, -0.2) is 9.97 Å². The van der Waals surface area contributed by atoms with Gasteiger partial charge in [-0.1, -0.05) is 12.1 Å². The summed E-state index contributed by atoms with van der Waals surface area (Å²) in [6, 6.07) is 7.79. The van der Waals surface area contributed by atoms with Gasteiger partial charge in [-0.3, -0.25) is 4.79 Å². The number of aryl methyl sites for hydroxylation is 1. The number of amides is 1. The average molecular weight is 380 g/mol. The quantitative estimate of drug-likeness (QED) is 0.687. The lowest BCUT2D eigenvalue weighted by Gasteiger charge is -2.26. The van der Waals surface area contributed by atoms with Gasteiger partial charge in [0.15, 0.2) is 0 Å². The van der Waals surface area contributed by atoms with Crippen molar-refractivity contribution in [3.05, 3.63) is 45.7 Å². The molecule has 0 saturated heterocycles. The fourth-order valence-corrected chi connectivity index (χ4v) is 4.29. The van der Waals surface area contributed by atoms with E-state index in [4.69, 9.17) is 0 Å². The van der Waals surface area contributed by atoms with Crippen LogP contribution in [0.25, 0.3) is 11.0 Å². The monoisotopic (exact) mass is 380 g/mol. The van der Waals surface area contributed by atoms with Crippen LogP contribution in [0.15, 0.2) is 24.3 Å². The van der Waals surface area contributed by atoms with Crippen molar-refractivity contribution in [3.63, 3.8) is 0 Å². The van der Waals surface area contributed by atoms with Crippen molar-refractivity contribution in [1.82, 2.24) is 19.4 Å². The van der Waals surface area contributed by atoms with E-state index in [9.17, 15) is 18.0 Å². The molecule has 1 aliphatic rings. The average Bonchev–Trinajstić information content (AvgIpc) is 3.14. The number of fused-ring (bicyclic) bond motifs is 2. The third-order valence-corrected chi connectivity index (χ3v) is 5.58. The summed E-state index contributed by atoms with van der Waals surface area (Å²) in [5.41, 5.74) is 2.70. The Morgan fingerprint density at radius 2 is 2.04 bits per heavy atom. The highest BCUT2D eigenvalue weighted by Gasteiger charge is 2.43. The summed E-state index contributed by atoms with van der Waals surface area (Å²) in [5.74, 6) is -0.936. The Morgan fingerprint density at radius 3 is 2.77 bits per heavy atom. The summed E-state index contributed by atoms with van der Waals surface area (Å²) >= 11 is 1.35. The van der Waals surface area contributed by atoms with Crippen LogP contribution in [0.4, 0.5) is 13.2 Å². The molecule has 3 heterocycles. The second kappa shape index (κ2) is 6.08. The van der Waals surface area contributed by atoms with E-state index in [0.717, 1.165) is 37.3 Å². The summed E-state index contributed by atoms with van der Waals surface area (Å²) in [7, 11) is 1.93. The van der Waals surface area contributed by atoms with Crippen LogP contribution in [0.2, 0.25) is 0 Å². The minimum absolute atomic E-state index is 0.0338. The lowest BCUT2D eigenvalue weighted by molar-refractivity contribution is -0.186. The van der Waals surface area contributed by atoms with Crippen LogP contribution in [0.5, 0.6) is 0 Å². The Bertz CT molecular complexity index is 992. The normalized spacial score (nSPS) is 14.7. The number of nitrogens with zero attached hydrogens (tertiary/aromatic N) is 4.